The molecule has 78 valence electrons. The number of rotatable bonds is 2. The maximum Gasteiger partial charge on any atom is 0.314 e. The Kier molecular flexibility index (Phi) is 1.91. The van der Waals surface area contributed by atoms with Crippen molar-refractivity contribution < 1.29 is 14.3 Å². The van der Waals surface area contributed by atoms with Crippen LogP contribution in [0, 0.1) is 5.92 Å². The van der Waals surface area contributed by atoms with Gasteiger partial charge in [0.1, 0.15) is 11.5 Å². The highest BCUT2D eigenvalue weighted by atomic mass is 16.5. The van der Waals surface area contributed by atoms with E-state index in [9.17, 15) is 4.79 Å². The second-order valence-corrected chi connectivity index (χ2v) is 4.06. The zero-order valence-corrected chi connectivity index (χ0v) is 8.36. The minimum Gasteiger partial charge on any atom is -0.493 e. The quantitative estimate of drug-likeness (QED) is 0.545. The van der Waals surface area contributed by atoms with E-state index >= 15 is 0 Å². The van der Waals surface area contributed by atoms with Crippen LogP contribution in [0.2, 0.25) is 0 Å². The molecule has 0 spiro atoms. The van der Waals surface area contributed by atoms with Crippen LogP contribution in [0.4, 0.5) is 0 Å². The lowest BCUT2D eigenvalue weighted by Crippen LogP contribution is -2.09. The number of benzene rings is 1. The predicted molar refractivity (Wildman–Crippen MR) is 54.0 cm³/mol. The minimum atomic E-state index is -0.104. The molecular weight excluding hydrogens is 192 g/mol. The van der Waals surface area contributed by atoms with Gasteiger partial charge in [0.15, 0.2) is 0 Å². The van der Waals surface area contributed by atoms with E-state index in [1.807, 2.05) is 18.2 Å². The van der Waals surface area contributed by atoms with Crippen LogP contribution in [0.1, 0.15) is 18.4 Å². The molecule has 1 fully saturated rings. The molecule has 1 aromatic carbocycles. The summed E-state index contributed by atoms with van der Waals surface area (Å²) >= 11 is 0. The number of carbonyl (C=O) groups excluding carboxylic acids is 1. The number of fused-ring (bicyclic) bond motifs is 1. The first-order chi connectivity index (χ1) is 7.33. The fraction of sp³-hybridized carbons (Fsp3) is 0.417. The molecule has 0 bridgehead atoms. The topological polar surface area (TPSA) is 35.5 Å². The Balaban J connectivity index is 1.77. The van der Waals surface area contributed by atoms with E-state index in [4.69, 9.17) is 9.47 Å². The van der Waals surface area contributed by atoms with Gasteiger partial charge in [-0.25, -0.2) is 0 Å². The third-order valence-corrected chi connectivity index (χ3v) is 2.80. The van der Waals surface area contributed by atoms with Gasteiger partial charge in [0.2, 0.25) is 0 Å². The van der Waals surface area contributed by atoms with Crippen LogP contribution in [-0.4, -0.2) is 12.6 Å². The van der Waals surface area contributed by atoms with Crippen molar-refractivity contribution in [1.29, 1.82) is 0 Å². The molecule has 0 aromatic heterocycles. The molecule has 15 heavy (non-hydrogen) atoms. The maximum atomic E-state index is 11.4. The summed E-state index contributed by atoms with van der Waals surface area (Å²) in [7, 11) is 0. The van der Waals surface area contributed by atoms with Gasteiger partial charge in [0.05, 0.1) is 12.5 Å². The molecule has 0 atom stereocenters. The molecule has 0 radical (unpaired) electrons. The molecule has 1 aliphatic heterocycles. The van der Waals surface area contributed by atoms with Crippen LogP contribution in [0.3, 0.4) is 0 Å². The predicted octanol–water partition coefficient (Wildman–Crippen LogP) is 1.94. The third-order valence-electron chi connectivity index (χ3n) is 2.80. The molecule has 1 aliphatic carbocycles. The molecule has 1 heterocycles. The number of hydrogen-bond acceptors (Lipinski definition) is 3. The van der Waals surface area contributed by atoms with E-state index in [-0.39, 0.29) is 11.9 Å². The summed E-state index contributed by atoms with van der Waals surface area (Å²) in [5.41, 5.74) is 1.20. The van der Waals surface area contributed by atoms with Crippen molar-refractivity contribution in [2.24, 2.45) is 5.92 Å². The van der Waals surface area contributed by atoms with Gasteiger partial charge < -0.3 is 9.47 Å². The summed E-state index contributed by atoms with van der Waals surface area (Å²) in [6.07, 6.45) is 2.90. The van der Waals surface area contributed by atoms with Crippen molar-refractivity contribution in [2.75, 3.05) is 6.61 Å². The molecule has 2 aliphatic rings. The minimum absolute atomic E-state index is 0.104. The van der Waals surface area contributed by atoms with Gasteiger partial charge in [-0.05, 0) is 24.5 Å². The van der Waals surface area contributed by atoms with Crippen molar-refractivity contribution in [1.82, 2.24) is 0 Å². The van der Waals surface area contributed by atoms with Gasteiger partial charge in [0, 0.05) is 12.5 Å². The van der Waals surface area contributed by atoms with E-state index in [2.05, 4.69) is 0 Å². The summed E-state index contributed by atoms with van der Waals surface area (Å²) in [5.74, 6) is 1.50. The Bertz CT molecular complexity index is 407. The molecule has 3 nitrogen and oxygen atoms in total. The SMILES string of the molecule is O=C(Oc1ccc2c(c1)OCC2)C1CC1. The Morgan fingerprint density at radius 3 is 3.07 bits per heavy atom. The van der Waals surface area contributed by atoms with Crippen LogP contribution in [0.15, 0.2) is 18.2 Å². The van der Waals surface area contributed by atoms with Crippen LogP contribution < -0.4 is 9.47 Å². The number of esters is 1. The molecule has 0 saturated heterocycles. The normalized spacial score (nSPS) is 18.1. The van der Waals surface area contributed by atoms with E-state index in [0.29, 0.717) is 5.75 Å². The monoisotopic (exact) mass is 204 g/mol. The Morgan fingerprint density at radius 1 is 1.40 bits per heavy atom. The standard InChI is InChI=1S/C12H12O3/c13-12(9-1-2-9)15-10-4-3-8-5-6-14-11(8)7-10/h3-4,7,9H,1-2,5-6H2. The van der Waals surface area contributed by atoms with Gasteiger partial charge in [-0.2, -0.15) is 0 Å². The van der Waals surface area contributed by atoms with Crippen LogP contribution in [0.5, 0.6) is 11.5 Å². The van der Waals surface area contributed by atoms with E-state index in [0.717, 1.165) is 31.6 Å². The van der Waals surface area contributed by atoms with Crippen molar-refractivity contribution in [3.63, 3.8) is 0 Å². The molecule has 1 saturated carbocycles. The number of carbonyl (C=O) groups is 1. The van der Waals surface area contributed by atoms with Crippen LogP contribution >= 0.6 is 0 Å². The van der Waals surface area contributed by atoms with Crippen molar-refractivity contribution in [3.8, 4) is 11.5 Å². The smallest absolute Gasteiger partial charge is 0.314 e. The maximum absolute atomic E-state index is 11.4. The summed E-state index contributed by atoms with van der Waals surface area (Å²) in [5, 5.41) is 0. The van der Waals surface area contributed by atoms with Gasteiger partial charge in [0.25, 0.3) is 0 Å². The fourth-order valence-electron chi connectivity index (χ4n) is 1.73. The molecule has 1 aromatic rings. The zero-order chi connectivity index (χ0) is 10.3. The van der Waals surface area contributed by atoms with E-state index in [1.165, 1.54) is 5.56 Å². The molecular formula is C12H12O3. The largest absolute Gasteiger partial charge is 0.493 e. The molecule has 3 rings (SSSR count). The van der Waals surface area contributed by atoms with Crippen LogP contribution in [-0.2, 0) is 11.2 Å². The lowest BCUT2D eigenvalue weighted by atomic mass is 10.2. The zero-order valence-electron chi connectivity index (χ0n) is 8.36. The number of hydrogen-bond donors (Lipinski definition) is 0. The fourth-order valence-corrected chi connectivity index (χ4v) is 1.73. The summed E-state index contributed by atoms with van der Waals surface area (Å²) in [6, 6.07) is 5.62. The highest BCUT2D eigenvalue weighted by molar-refractivity contribution is 5.77. The second-order valence-electron chi connectivity index (χ2n) is 4.06. The molecule has 3 heteroatoms. The van der Waals surface area contributed by atoms with Gasteiger partial charge in [-0.15, -0.1) is 0 Å². The highest BCUT2D eigenvalue weighted by Crippen LogP contribution is 2.33. The van der Waals surface area contributed by atoms with Gasteiger partial charge in [-0.1, -0.05) is 6.07 Å². The third kappa shape index (κ3) is 1.69. The summed E-state index contributed by atoms with van der Waals surface area (Å²) < 4.78 is 10.7. The molecule has 0 N–H and O–H groups in total. The highest BCUT2D eigenvalue weighted by Gasteiger charge is 2.31. The number of ether oxygens (including phenoxy) is 2. The Labute approximate surface area is 88.0 Å². The second kappa shape index (κ2) is 3.26. The Morgan fingerprint density at radius 2 is 2.27 bits per heavy atom. The van der Waals surface area contributed by atoms with E-state index < -0.39 is 0 Å². The average molecular weight is 204 g/mol. The van der Waals surface area contributed by atoms with Gasteiger partial charge >= 0.3 is 5.97 Å². The first-order valence-electron chi connectivity index (χ1n) is 5.30. The van der Waals surface area contributed by atoms with Crippen LogP contribution in [0.25, 0.3) is 0 Å². The lowest BCUT2D eigenvalue weighted by molar-refractivity contribution is -0.135. The van der Waals surface area contributed by atoms with Gasteiger partial charge in [-0.3, -0.25) is 4.79 Å². The Hall–Kier alpha value is -1.51. The van der Waals surface area contributed by atoms with Crippen molar-refractivity contribution in [2.45, 2.75) is 19.3 Å². The van der Waals surface area contributed by atoms with Crippen molar-refractivity contribution in [3.05, 3.63) is 23.8 Å². The summed E-state index contributed by atoms with van der Waals surface area (Å²) in [6.45, 7) is 0.732. The van der Waals surface area contributed by atoms with Crippen molar-refractivity contribution >= 4 is 5.97 Å². The molecule has 0 amide bonds. The summed E-state index contributed by atoms with van der Waals surface area (Å²) in [4.78, 5) is 11.4. The first kappa shape index (κ1) is 8.77. The van der Waals surface area contributed by atoms with E-state index in [1.54, 1.807) is 0 Å². The molecule has 0 unspecified atom stereocenters. The first-order valence-corrected chi connectivity index (χ1v) is 5.30. The average Bonchev–Trinajstić information content (AvgIpc) is 2.98. The lowest BCUT2D eigenvalue weighted by Gasteiger charge is -2.05.